The van der Waals surface area contributed by atoms with Crippen molar-refractivity contribution in [3.8, 4) is 0 Å². The molecule has 0 bridgehead atoms. The molecule has 0 unspecified atom stereocenters. The number of rotatable bonds is 8. The van der Waals surface area contributed by atoms with Crippen LogP contribution in [0.4, 0.5) is 0 Å². The minimum absolute atomic E-state index is 0.0118. The van der Waals surface area contributed by atoms with E-state index in [0.717, 1.165) is 19.3 Å². The third kappa shape index (κ3) is 4.44. The summed E-state index contributed by atoms with van der Waals surface area (Å²) in [5.41, 5.74) is 10.6. The number of fused-ring (bicyclic) bond motifs is 1. The molecule has 29 heavy (non-hydrogen) atoms. The Morgan fingerprint density at radius 1 is 1.31 bits per heavy atom. The first-order valence-corrected chi connectivity index (χ1v) is 9.96. The van der Waals surface area contributed by atoms with Gasteiger partial charge in [0.1, 0.15) is 12.2 Å². The van der Waals surface area contributed by atoms with Gasteiger partial charge >= 0.3 is 0 Å². The number of nitrogens with zero attached hydrogens (tertiary/aromatic N) is 3. The van der Waals surface area contributed by atoms with Gasteiger partial charge in [0.25, 0.3) is 5.09 Å². The molecule has 4 atom stereocenters. The van der Waals surface area contributed by atoms with Crippen molar-refractivity contribution >= 4 is 12.2 Å². The second-order valence-corrected chi connectivity index (χ2v) is 8.12. The third-order valence-corrected chi connectivity index (χ3v) is 6.62. The zero-order valence-electron chi connectivity index (χ0n) is 16.7. The summed E-state index contributed by atoms with van der Waals surface area (Å²) < 4.78 is 0. The van der Waals surface area contributed by atoms with Crippen molar-refractivity contribution in [1.82, 2.24) is 0 Å². The molecule has 2 aliphatic rings. The summed E-state index contributed by atoms with van der Waals surface area (Å²) in [5, 5.41) is 14.8. The van der Waals surface area contributed by atoms with Gasteiger partial charge in [-0.2, -0.15) is 0 Å². The average molecular weight is 403 g/mol. The molecule has 0 saturated heterocycles. The lowest BCUT2D eigenvalue weighted by Crippen LogP contribution is -2.52. The number of nitrogens with two attached hydrogens (primary N) is 2. The molecule has 0 heterocycles. The van der Waals surface area contributed by atoms with Crippen LogP contribution in [-0.4, -0.2) is 36.0 Å². The number of aliphatic imine (C=N–C) groups is 1. The highest BCUT2D eigenvalue weighted by molar-refractivity contribution is 5.75. The Morgan fingerprint density at radius 3 is 2.76 bits per heavy atom. The fourth-order valence-corrected chi connectivity index (χ4v) is 5.02. The van der Waals surface area contributed by atoms with Gasteiger partial charge < -0.3 is 21.1 Å². The quantitative estimate of drug-likeness (QED) is 0.225. The van der Waals surface area contributed by atoms with Crippen molar-refractivity contribution in [2.45, 2.75) is 50.5 Å². The lowest BCUT2D eigenvalue weighted by Gasteiger charge is -2.50. The van der Waals surface area contributed by atoms with Crippen molar-refractivity contribution in [3.05, 3.63) is 46.0 Å². The van der Waals surface area contributed by atoms with Gasteiger partial charge in [0.2, 0.25) is 0 Å². The van der Waals surface area contributed by atoms with Crippen molar-refractivity contribution in [2.24, 2.45) is 32.9 Å². The Kier molecular flexibility index (Phi) is 6.24. The Hall–Kier alpha value is -2.84. The van der Waals surface area contributed by atoms with E-state index in [1.165, 1.54) is 5.56 Å². The van der Waals surface area contributed by atoms with Crippen molar-refractivity contribution in [3.63, 3.8) is 0 Å². The van der Waals surface area contributed by atoms with Gasteiger partial charge in [0.15, 0.2) is 5.96 Å². The SMILES string of the molecule is C[C@]12CC[C@H](c3ccccc3)C[C@@]1(O[N+](=O)[O-])CC[C@@H]2/C=N/OCCN=C(N)N. The van der Waals surface area contributed by atoms with E-state index < -0.39 is 10.7 Å². The molecule has 2 saturated carbocycles. The van der Waals surface area contributed by atoms with Gasteiger partial charge in [-0.1, -0.05) is 42.4 Å². The molecular formula is C20H29N5O4. The van der Waals surface area contributed by atoms with E-state index in [4.69, 9.17) is 21.1 Å². The van der Waals surface area contributed by atoms with Gasteiger partial charge in [-0.25, -0.2) is 4.99 Å². The fourth-order valence-electron chi connectivity index (χ4n) is 5.02. The van der Waals surface area contributed by atoms with Crippen LogP contribution in [0.3, 0.4) is 0 Å². The van der Waals surface area contributed by atoms with Crippen molar-refractivity contribution < 1.29 is 14.8 Å². The van der Waals surface area contributed by atoms with Gasteiger partial charge in [0.05, 0.1) is 6.54 Å². The first-order chi connectivity index (χ1) is 13.9. The van der Waals surface area contributed by atoms with Gasteiger partial charge in [-0.3, -0.25) is 0 Å². The number of benzene rings is 1. The summed E-state index contributed by atoms with van der Waals surface area (Å²) >= 11 is 0. The van der Waals surface area contributed by atoms with E-state index in [2.05, 4.69) is 29.2 Å². The van der Waals surface area contributed by atoms with Crippen molar-refractivity contribution in [2.75, 3.05) is 13.2 Å². The molecule has 0 aromatic heterocycles. The van der Waals surface area contributed by atoms with Crippen LogP contribution >= 0.6 is 0 Å². The molecule has 0 spiro atoms. The van der Waals surface area contributed by atoms with E-state index in [1.54, 1.807) is 6.21 Å². The molecule has 2 aliphatic carbocycles. The Morgan fingerprint density at radius 2 is 2.07 bits per heavy atom. The van der Waals surface area contributed by atoms with Crippen LogP contribution < -0.4 is 11.5 Å². The lowest BCUT2D eigenvalue weighted by atomic mass is 9.59. The normalized spacial score (nSPS) is 31.2. The van der Waals surface area contributed by atoms with Crippen LogP contribution in [0.1, 0.15) is 50.5 Å². The van der Waals surface area contributed by atoms with Crippen LogP contribution in [0.2, 0.25) is 0 Å². The summed E-state index contributed by atoms with van der Waals surface area (Å²) in [5.74, 6) is 0.302. The summed E-state index contributed by atoms with van der Waals surface area (Å²) in [6.07, 6.45) is 5.57. The van der Waals surface area contributed by atoms with Crippen LogP contribution in [0.5, 0.6) is 0 Å². The smallest absolute Gasteiger partial charge is 0.295 e. The topological polar surface area (TPSA) is 138 Å². The number of guanidine groups is 1. The third-order valence-electron chi connectivity index (χ3n) is 6.62. The standard InChI is InChI=1S/C20H29N5O4/c1-19-9-7-16(15-5-3-2-4-6-15)13-20(19,29-25(26)27)10-8-17(19)14-24-28-12-11-23-18(21)22/h2-6,14,16-17H,7-13H2,1H3,(H4,21,22,23)/b24-14+/t16-,17+,19+,20-/m0/s1. The number of hydrogen-bond acceptors (Lipinski definition) is 6. The van der Waals surface area contributed by atoms with E-state index in [1.807, 2.05) is 18.2 Å². The zero-order valence-corrected chi connectivity index (χ0v) is 16.7. The summed E-state index contributed by atoms with van der Waals surface area (Å²) in [6.45, 7) is 2.68. The zero-order chi connectivity index (χ0) is 20.9. The second kappa shape index (κ2) is 8.67. The van der Waals surface area contributed by atoms with E-state index >= 15 is 0 Å². The molecule has 3 rings (SSSR count). The van der Waals surface area contributed by atoms with Crippen molar-refractivity contribution in [1.29, 1.82) is 0 Å². The minimum atomic E-state index is -0.815. The molecule has 9 nitrogen and oxygen atoms in total. The summed E-state index contributed by atoms with van der Waals surface area (Å²) in [7, 11) is 0. The van der Waals surface area contributed by atoms with E-state index in [9.17, 15) is 10.1 Å². The molecule has 0 aliphatic heterocycles. The first kappa shape index (κ1) is 20.9. The average Bonchev–Trinajstić information content (AvgIpc) is 2.96. The van der Waals surface area contributed by atoms with Gasteiger partial charge in [-0.15, -0.1) is 10.1 Å². The second-order valence-electron chi connectivity index (χ2n) is 8.12. The highest BCUT2D eigenvalue weighted by Gasteiger charge is 2.62. The molecule has 0 amide bonds. The Bertz CT molecular complexity index is 767. The minimum Gasteiger partial charge on any atom is -0.394 e. The molecule has 1 aromatic carbocycles. The van der Waals surface area contributed by atoms with E-state index in [-0.39, 0.29) is 29.8 Å². The molecule has 1 aromatic rings. The van der Waals surface area contributed by atoms with Crippen LogP contribution in [0.15, 0.2) is 40.5 Å². The fraction of sp³-hybridized carbons (Fsp3) is 0.600. The maximum atomic E-state index is 11.4. The molecule has 158 valence electrons. The lowest BCUT2D eigenvalue weighted by molar-refractivity contribution is -0.786. The molecule has 9 heteroatoms. The monoisotopic (exact) mass is 403 g/mol. The van der Waals surface area contributed by atoms with Crippen LogP contribution in [0, 0.1) is 21.4 Å². The van der Waals surface area contributed by atoms with Crippen LogP contribution in [0.25, 0.3) is 0 Å². The maximum Gasteiger partial charge on any atom is 0.295 e. The van der Waals surface area contributed by atoms with E-state index in [0.29, 0.717) is 19.4 Å². The molecule has 0 radical (unpaired) electrons. The largest absolute Gasteiger partial charge is 0.394 e. The number of hydrogen-bond donors (Lipinski definition) is 2. The number of oxime groups is 1. The predicted octanol–water partition coefficient (Wildman–Crippen LogP) is 2.59. The summed E-state index contributed by atoms with van der Waals surface area (Å²) in [4.78, 5) is 25.9. The molecular weight excluding hydrogens is 374 g/mol. The molecule has 4 N–H and O–H groups in total. The Balaban J connectivity index is 1.73. The van der Waals surface area contributed by atoms with Gasteiger partial charge in [-0.05, 0) is 43.6 Å². The highest BCUT2D eigenvalue weighted by Crippen LogP contribution is 2.62. The molecule has 2 fully saturated rings. The maximum absolute atomic E-state index is 11.4. The highest BCUT2D eigenvalue weighted by atomic mass is 17.0. The Labute approximate surface area is 170 Å². The van der Waals surface area contributed by atoms with Gasteiger partial charge in [0, 0.05) is 17.5 Å². The van der Waals surface area contributed by atoms with Crippen LogP contribution in [-0.2, 0) is 9.68 Å². The summed E-state index contributed by atoms with van der Waals surface area (Å²) in [6, 6.07) is 10.2. The first-order valence-electron chi connectivity index (χ1n) is 9.96. The predicted molar refractivity (Wildman–Crippen MR) is 110 cm³/mol.